The molecule has 3 aromatic carbocycles. The Morgan fingerprint density at radius 1 is 0.927 bits per heavy atom. The Morgan fingerprint density at radius 2 is 1.68 bits per heavy atom. The van der Waals surface area contributed by atoms with Crippen LogP contribution in [0.5, 0.6) is 0 Å². The number of rotatable bonds is 6. The van der Waals surface area contributed by atoms with Crippen molar-refractivity contribution in [3.8, 4) is 0 Å². The lowest BCUT2D eigenvalue weighted by Gasteiger charge is -2.39. The van der Waals surface area contributed by atoms with Gasteiger partial charge in [-0.15, -0.1) is 11.3 Å². The summed E-state index contributed by atoms with van der Waals surface area (Å²) in [7, 11) is 0. The van der Waals surface area contributed by atoms with Crippen LogP contribution >= 0.6 is 11.3 Å². The number of thiophene rings is 1. The molecule has 4 unspecified atom stereocenters. The second kappa shape index (κ2) is 9.67. The normalized spacial score (nSPS) is 24.0. The fraction of sp³-hybridized carbons (Fsp3) is 0.229. The second-order valence-electron chi connectivity index (χ2n) is 11.2. The van der Waals surface area contributed by atoms with Crippen LogP contribution in [0.25, 0.3) is 5.57 Å². The predicted octanol–water partition coefficient (Wildman–Crippen LogP) is 6.95. The molecule has 6 heteroatoms. The highest BCUT2D eigenvalue weighted by atomic mass is 32.1. The first-order valence-electron chi connectivity index (χ1n) is 14.1. The monoisotopic (exact) mass is 558 g/mol. The van der Waals surface area contributed by atoms with E-state index in [4.69, 9.17) is 0 Å². The zero-order valence-corrected chi connectivity index (χ0v) is 23.8. The summed E-state index contributed by atoms with van der Waals surface area (Å²) in [5.74, 6) is -1.51. The van der Waals surface area contributed by atoms with E-state index in [2.05, 4.69) is 23.2 Å². The van der Waals surface area contributed by atoms with E-state index in [1.165, 1.54) is 11.3 Å². The van der Waals surface area contributed by atoms with Gasteiger partial charge < -0.3 is 10.2 Å². The minimum atomic E-state index is -1.29. The van der Waals surface area contributed by atoms with Crippen LogP contribution in [0.3, 0.4) is 0 Å². The molecule has 1 fully saturated rings. The van der Waals surface area contributed by atoms with Crippen molar-refractivity contribution in [2.75, 3.05) is 10.2 Å². The lowest BCUT2D eigenvalue weighted by Crippen LogP contribution is -2.51. The molecule has 4 atom stereocenters. The molecular weight excluding hydrogens is 528 g/mol. The van der Waals surface area contributed by atoms with Crippen molar-refractivity contribution in [1.82, 2.24) is 0 Å². The maximum absolute atomic E-state index is 14.9. The molecule has 41 heavy (non-hydrogen) atoms. The molecule has 1 amide bonds. The number of anilines is 2. The molecule has 3 aliphatic rings. The molecule has 4 aromatic rings. The quantitative estimate of drug-likeness (QED) is 0.260. The summed E-state index contributed by atoms with van der Waals surface area (Å²) in [6.07, 6.45) is 4.03. The van der Waals surface area contributed by atoms with E-state index in [0.717, 1.165) is 40.8 Å². The van der Waals surface area contributed by atoms with Gasteiger partial charge in [0.05, 0.1) is 16.8 Å². The highest BCUT2D eigenvalue weighted by Crippen LogP contribution is 2.58. The average molecular weight is 559 g/mol. The number of aryl methyl sites for hydroxylation is 1. The standard InChI is InChI=1S/C35H30N2O3S/c1-3-9-22-15-17-23(18-16-22)32(38)30-31(33(39)28-14-8-19-41-28)37-27-13-7-4-10-24(27)21(2)20-29(37)35(30)25-11-5-6-12-26(25)36-34(35)40/h4-8,10-20,29-31H,3,9H2,1-2H3,(H,36,40). The molecule has 0 radical (unpaired) electrons. The first-order valence-corrected chi connectivity index (χ1v) is 15.0. The molecule has 1 N–H and O–H groups in total. The maximum atomic E-state index is 14.9. The summed E-state index contributed by atoms with van der Waals surface area (Å²) in [4.78, 5) is 46.5. The molecule has 5 nitrogen and oxygen atoms in total. The average Bonchev–Trinajstić information content (AvgIpc) is 3.70. The number of allylic oxidation sites excluding steroid dienone is 1. The van der Waals surface area contributed by atoms with Crippen LogP contribution in [0, 0.1) is 5.92 Å². The van der Waals surface area contributed by atoms with Crippen molar-refractivity contribution in [3.05, 3.63) is 124 Å². The third-order valence-electron chi connectivity index (χ3n) is 8.98. The molecule has 3 aliphatic heterocycles. The van der Waals surface area contributed by atoms with E-state index >= 15 is 0 Å². The molecule has 204 valence electrons. The van der Waals surface area contributed by atoms with Gasteiger partial charge in [0.15, 0.2) is 11.6 Å². The number of nitrogens with one attached hydrogen (secondary N) is 1. The van der Waals surface area contributed by atoms with Crippen molar-refractivity contribution in [3.63, 3.8) is 0 Å². The van der Waals surface area contributed by atoms with Crippen LogP contribution in [0.2, 0.25) is 0 Å². The number of Topliss-reactive ketones (excluding diaryl/α,β-unsaturated/α-hetero) is 2. The van der Waals surface area contributed by atoms with Gasteiger partial charge in [0.2, 0.25) is 5.91 Å². The van der Waals surface area contributed by atoms with Gasteiger partial charge in [0, 0.05) is 22.5 Å². The van der Waals surface area contributed by atoms with Gasteiger partial charge in [0.25, 0.3) is 0 Å². The SMILES string of the molecule is CCCc1ccc(C(=O)C2C(C(=O)c3cccs3)N3c4ccccc4C(C)=CC3C23C(=O)Nc2ccccc23)cc1. The van der Waals surface area contributed by atoms with E-state index in [1.54, 1.807) is 0 Å². The Labute approximate surface area is 243 Å². The van der Waals surface area contributed by atoms with Gasteiger partial charge in [-0.05, 0) is 53.6 Å². The van der Waals surface area contributed by atoms with E-state index in [1.807, 2.05) is 97.2 Å². The molecule has 1 saturated heterocycles. The van der Waals surface area contributed by atoms with E-state index in [9.17, 15) is 14.4 Å². The molecule has 7 rings (SSSR count). The molecule has 0 aliphatic carbocycles. The van der Waals surface area contributed by atoms with E-state index < -0.39 is 23.4 Å². The van der Waals surface area contributed by atoms with Crippen LogP contribution < -0.4 is 10.2 Å². The maximum Gasteiger partial charge on any atom is 0.238 e. The molecule has 1 spiro atoms. The lowest BCUT2D eigenvalue weighted by atomic mass is 9.64. The zero-order chi connectivity index (χ0) is 28.3. The number of hydrogen-bond donors (Lipinski definition) is 1. The Kier molecular flexibility index (Phi) is 6.05. The molecule has 0 bridgehead atoms. The Bertz CT molecular complexity index is 1720. The van der Waals surface area contributed by atoms with Crippen molar-refractivity contribution >= 4 is 45.8 Å². The number of amides is 1. The lowest BCUT2D eigenvalue weighted by molar-refractivity contribution is -0.121. The summed E-state index contributed by atoms with van der Waals surface area (Å²) in [5, 5.41) is 4.98. The fourth-order valence-electron chi connectivity index (χ4n) is 7.26. The summed E-state index contributed by atoms with van der Waals surface area (Å²) >= 11 is 1.37. The predicted molar refractivity (Wildman–Crippen MR) is 164 cm³/mol. The number of carbonyl (C=O) groups is 3. The smallest absolute Gasteiger partial charge is 0.238 e. The molecular formula is C35H30N2O3S. The van der Waals surface area contributed by atoms with Gasteiger partial charge in [-0.3, -0.25) is 14.4 Å². The summed E-state index contributed by atoms with van der Waals surface area (Å²) in [6.45, 7) is 4.17. The third kappa shape index (κ3) is 3.63. The third-order valence-corrected chi connectivity index (χ3v) is 9.86. The van der Waals surface area contributed by atoms with Crippen molar-refractivity contribution < 1.29 is 14.4 Å². The van der Waals surface area contributed by atoms with Gasteiger partial charge in [-0.2, -0.15) is 0 Å². The molecule has 4 heterocycles. The number of ketones is 2. The molecule has 0 saturated carbocycles. The number of fused-ring (bicyclic) bond motifs is 6. The van der Waals surface area contributed by atoms with Crippen molar-refractivity contribution in [2.24, 2.45) is 5.92 Å². The summed E-state index contributed by atoms with van der Waals surface area (Å²) in [5.41, 5.74) is 4.76. The Hall–Kier alpha value is -4.29. The number of hydrogen-bond acceptors (Lipinski definition) is 5. The van der Waals surface area contributed by atoms with Gasteiger partial charge in [0.1, 0.15) is 11.5 Å². The largest absolute Gasteiger partial charge is 0.352 e. The first kappa shape index (κ1) is 25.7. The first-order chi connectivity index (χ1) is 20.0. The fourth-order valence-corrected chi connectivity index (χ4v) is 7.95. The Morgan fingerprint density at radius 3 is 2.44 bits per heavy atom. The highest BCUT2D eigenvalue weighted by molar-refractivity contribution is 7.12. The van der Waals surface area contributed by atoms with Crippen molar-refractivity contribution in [1.29, 1.82) is 0 Å². The van der Waals surface area contributed by atoms with Crippen LogP contribution in [0.15, 0.2) is 96.4 Å². The van der Waals surface area contributed by atoms with Gasteiger partial charge >= 0.3 is 0 Å². The van der Waals surface area contributed by atoms with Crippen molar-refractivity contribution in [2.45, 2.75) is 44.2 Å². The van der Waals surface area contributed by atoms with E-state index in [-0.39, 0.29) is 17.5 Å². The summed E-state index contributed by atoms with van der Waals surface area (Å²) in [6, 6.07) is 25.6. The van der Waals surface area contributed by atoms with Crippen LogP contribution in [0.4, 0.5) is 11.4 Å². The van der Waals surface area contributed by atoms with E-state index in [0.29, 0.717) is 16.1 Å². The topological polar surface area (TPSA) is 66.5 Å². The van der Waals surface area contributed by atoms with Crippen LogP contribution in [-0.2, 0) is 16.6 Å². The molecule has 1 aromatic heterocycles. The minimum absolute atomic E-state index is 0.136. The highest BCUT2D eigenvalue weighted by Gasteiger charge is 2.70. The van der Waals surface area contributed by atoms with Crippen LogP contribution in [-0.4, -0.2) is 29.6 Å². The van der Waals surface area contributed by atoms with Gasteiger partial charge in [-0.25, -0.2) is 0 Å². The number of nitrogens with zero attached hydrogens (tertiary/aromatic N) is 1. The Balaban J connectivity index is 1.52. The summed E-state index contributed by atoms with van der Waals surface area (Å²) < 4.78 is 0. The van der Waals surface area contributed by atoms with Gasteiger partial charge in [-0.1, -0.05) is 86.2 Å². The number of carbonyl (C=O) groups excluding carboxylic acids is 3. The zero-order valence-electron chi connectivity index (χ0n) is 23.0. The minimum Gasteiger partial charge on any atom is -0.352 e. The number of benzene rings is 3. The second-order valence-corrected chi connectivity index (χ2v) is 12.1. The number of para-hydroxylation sites is 2. The van der Waals surface area contributed by atoms with Crippen LogP contribution in [0.1, 0.15) is 57.0 Å².